The fourth-order valence-electron chi connectivity index (χ4n) is 2.95. The standard InChI is InChI=1S/C21H16N6OS3/c28-17(23-19-22-12-16(30-19)11-14-7-3-1-4-8-14)13-29-21-26-27-18(24-25-20(27)31-21)15-9-5-2-6-10-15/h1-10,12H,11,13H2,(H,22,23,28). The molecule has 0 bridgehead atoms. The first-order valence-corrected chi connectivity index (χ1v) is 12.1. The van der Waals surface area contributed by atoms with Crippen LogP contribution in [0.2, 0.25) is 0 Å². The second-order valence-electron chi connectivity index (χ2n) is 6.58. The monoisotopic (exact) mass is 464 g/mol. The molecule has 31 heavy (non-hydrogen) atoms. The summed E-state index contributed by atoms with van der Waals surface area (Å²) in [6.07, 6.45) is 2.62. The molecule has 0 saturated heterocycles. The lowest BCUT2D eigenvalue weighted by Crippen LogP contribution is -2.13. The highest BCUT2D eigenvalue weighted by molar-refractivity contribution is 8.01. The van der Waals surface area contributed by atoms with Crippen LogP contribution in [-0.4, -0.2) is 36.5 Å². The van der Waals surface area contributed by atoms with E-state index >= 15 is 0 Å². The van der Waals surface area contributed by atoms with Gasteiger partial charge in [-0.2, -0.15) is 4.52 Å². The summed E-state index contributed by atoms with van der Waals surface area (Å²) in [7, 11) is 0. The average molecular weight is 465 g/mol. The first-order chi connectivity index (χ1) is 15.2. The normalized spacial score (nSPS) is 11.1. The van der Waals surface area contributed by atoms with Crippen LogP contribution in [-0.2, 0) is 11.2 Å². The quantitative estimate of drug-likeness (QED) is 0.354. The van der Waals surface area contributed by atoms with Crippen molar-refractivity contribution in [2.75, 3.05) is 11.1 Å². The van der Waals surface area contributed by atoms with E-state index in [1.54, 1.807) is 4.52 Å². The zero-order valence-electron chi connectivity index (χ0n) is 16.1. The third kappa shape index (κ3) is 4.66. The molecule has 0 atom stereocenters. The summed E-state index contributed by atoms with van der Waals surface area (Å²) in [5, 5.41) is 16.5. The Labute approximate surface area is 190 Å². The number of nitrogens with one attached hydrogen (secondary N) is 1. The number of rotatable bonds is 7. The van der Waals surface area contributed by atoms with Gasteiger partial charge in [0.25, 0.3) is 0 Å². The van der Waals surface area contributed by atoms with Gasteiger partial charge in [-0.3, -0.25) is 4.79 Å². The summed E-state index contributed by atoms with van der Waals surface area (Å²) in [4.78, 5) is 18.5. The minimum absolute atomic E-state index is 0.111. The molecule has 0 aliphatic carbocycles. The summed E-state index contributed by atoms with van der Waals surface area (Å²) in [6.45, 7) is 0. The number of carbonyl (C=O) groups is 1. The van der Waals surface area contributed by atoms with Crippen LogP contribution in [0, 0.1) is 0 Å². The molecule has 3 aromatic heterocycles. The molecular formula is C21H16N6OS3. The Morgan fingerprint density at radius 3 is 2.58 bits per heavy atom. The molecule has 0 saturated carbocycles. The van der Waals surface area contributed by atoms with Crippen LogP contribution in [0.5, 0.6) is 0 Å². The van der Waals surface area contributed by atoms with Gasteiger partial charge in [0, 0.05) is 23.1 Å². The maximum atomic E-state index is 12.4. The number of amides is 1. The molecule has 5 aromatic rings. The number of benzene rings is 2. The number of hydrogen-bond donors (Lipinski definition) is 1. The van der Waals surface area contributed by atoms with Crippen LogP contribution in [0.25, 0.3) is 16.3 Å². The SMILES string of the molecule is O=C(CSc1nn2c(-c3ccccc3)nnc2s1)Nc1ncc(Cc2ccccc2)s1. The van der Waals surface area contributed by atoms with Crippen molar-refractivity contribution < 1.29 is 4.79 Å². The Morgan fingerprint density at radius 1 is 1.00 bits per heavy atom. The number of hydrogen-bond acceptors (Lipinski definition) is 8. The molecule has 2 aromatic carbocycles. The lowest BCUT2D eigenvalue weighted by atomic mass is 10.1. The minimum Gasteiger partial charge on any atom is -0.301 e. The van der Waals surface area contributed by atoms with Crippen molar-refractivity contribution in [3.8, 4) is 11.4 Å². The predicted octanol–water partition coefficient (Wildman–Crippen LogP) is 4.63. The molecule has 154 valence electrons. The number of thioether (sulfide) groups is 1. The van der Waals surface area contributed by atoms with Crippen LogP contribution in [0.1, 0.15) is 10.4 Å². The Kier molecular flexibility index (Phi) is 5.74. The molecule has 0 aliphatic heterocycles. The molecule has 3 heterocycles. The smallest absolute Gasteiger partial charge is 0.236 e. The Morgan fingerprint density at radius 2 is 1.77 bits per heavy atom. The molecular weight excluding hydrogens is 448 g/mol. The van der Waals surface area contributed by atoms with Crippen molar-refractivity contribution >= 4 is 50.4 Å². The third-order valence-corrected chi connectivity index (χ3v) is 7.30. The van der Waals surface area contributed by atoms with E-state index in [1.807, 2.05) is 54.7 Å². The maximum Gasteiger partial charge on any atom is 0.236 e. The van der Waals surface area contributed by atoms with Crippen LogP contribution < -0.4 is 5.32 Å². The molecule has 0 unspecified atom stereocenters. The fourth-order valence-corrected chi connectivity index (χ4v) is 5.49. The van der Waals surface area contributed by atoms with E-state index in [-0.39, 0.29) is 11.7 Å². The van der Waals surface area contributed by atoms with E-state index in [9.17, 15) is 4.79 Å². The van der Waals surface area contributed by atoms with E-state index in [0.717, 1.165) is 21.2 Å². The molecule has 0 radical (unpaired) electrons. The highest BCUT2D eigenvalue weighted by Crippen LogP contribution is 2.28. The van der Waals surface area contributed by atoms with Crippen molar-refractivity contribution in [1.82, 2.24) is 24.8 Å². The topological polar surface area (TPSA) is 85.1 Å². The van der Waals surface area contributed by atoms with Crippen LogP contribution in [0.4, 0.5) is 5.13 Å². The summed E-state index contributed by atoms with van der Waals surface area (Å²) in [5.41, 5.74) is 2.17. The number of thiazole rings is 1. The molecule has 0 spiro atoms. The van der Waals surface area contributed by atoms with Gasteiger partial charge in [-0.1, -0.05) is 83.8 Å². The average Bonchev–Trinajstić information content (AvgIpc) is 3.50. The molecule has 0 fully saturated rings. The highest BCUT2D eigenvalue weighted by atomic mass is 32.2. The van der Waals surface area contributed by atoms with Gasteiger partial charge in [-0.25, -0.2) is 4.98 Å². The Balaban J connectivity index is 1.19. The number of nitrogens with zero attached hydrogens (tertiary/aromatic N) is 5. The number of carbonyl (C=O) groups excluding carboxylic acids is 1. The van der Waals surface area contributed by atoms with E-state index in [2.05, 4.69) is 37.7 Å². The molecule has 1 amide bonds. The lowest BCUT2D eigenvalue weighted by Gasteiger charge is -2.00. The fraction of sp³-hybridized carbons (Fsp3) is 0.0952. The van der Waals surface area contributed by atoms with E-state index in [4.69, 9.17) is 0 Å². The summed E-state index contributed by atoms with van der Waals surface area (Å²) in [6, 6.07) is 20.0. The first-order valence-electron chi connectivity index (χ1n) is 9.43. The van der Waals surface area contributed by atoms with Gasteiger partial charge in [0.15, 0.2) is 15.3 Å². The second-order valence-corrected chi connectivity index (χ2v) is 9.88. The van der Waals surface area contributed by atoms with Gasteiger partial charge in [-0.05, 0) is 5.56 Å². The van der Waals surface area contributed by atoms with Crippen molar-refractivity contribution in [2.45, 2.75) is 10.8 Å². The van der Waals surface area contributed by atoms with Crippen LogP contribution in [0.15, 0.2) is 71.2 Å². The van der Waals surface area contributed by atoms with E-state index in [0.29, 0.717) is 15.9 Å². The van der Waals surface area contributed by atoms with Crippen molar-refractivity contribution in [3.63, 3.8) is 0 Å². The van der Waals surface area contributed by atoms with Gasteiger partial charge in [0.05, 0.1) is 5.75 Å². The molecule has 5 rings (SSSR count). The molecule has 0 aliphatic rings. The van der Waals surface area contributed by atoms with Gasteiger partial charge in [0.2, 0.25) is 10.9 Å². The number of aromatic nitrogens is 5. The lowest BCUT2D eigenvalue weighted by molar-refractivity contribution is -0.113. The zero-order chi connectivity index (χ0) is 21.0. The minimum atomic E-state index is -0.111. The van der Waals surface area contributed by atoms with Crippen LogP contribution in [0.3, 0.4) is 0 Å². The largest absolute Gasteiger partial charge is 0.301 e. The van der Waals surface area contributed by atoms with Crippen molar-refractivity contribution in [3.05, 3.63) is 77.3 Å². The third-order valence-electron chi connectivity index (χ3n) is 4.35. The van der Waals surface area contributed by atoms with Gasteiger partial charge in [0.1, 0.15) is 0 Å². The zero-order valence-corrected chi connectivity index (χ0v) is 18.6. The number of anilines is 1. The Bertz CT molecular complexity index is 1310. The van der Waals surface area contributed by atoms with Crippen molar-refractivity contribution in [1.29, 1.82) is 0 Å². The van der Waals surface area contributed by atoms with Crippen LogP contribution >= 0.6 is 34.4 Å². The number of fused-ring (bicyclic) bond motifs is 1. The Hall–Kier alpha value is -3.08. The summed E-state index contributed by atoms with van der Waals surface area (Å²) in [5.74, 6) is 0.829. The van der Waals surface area contributed by atoms with E-state index < -0.39 is 0 Å². The van der Waals surface area contributed by atoms with E-state index in [1.165, 1.54) is 40.0 Å². The molecule has 1 N–H and O–H groups in total. The summed E-state index contributed by atoms with van der Waals surface area (Å²) < 4.78 is 2.48. The molecule has 10 heteroatoms. The first kappa shape index (κ1) is 19.9. The molecule has 7 nitrogen and oxygen atoms in total. The van der Waals surface area contributed by atoms with Gasteiger partial charge >= 0.3 is 0 Å². The highest BCUT2D eigenvalue weighted by Gasteiger charge is 2.15. The van der Waals surface area contributed by atoms with Gasteiger partial charge in [-0.15, -0.1) is 26.6 Å². The van der Waals surface area contributed by atoms with Gasteiger partial charge < -0.3 is 5.32 Å². The second kappa shape index (κ2) is 8.96. The van der Waals surface area contributed by atoms with Crippen molar-refractivity contribution in [2.24, 2.45) is 0 Å². The summed E-state index contributed by atoms with van der Waals surface area (Å²) >= 11 is 4.28. The maximum absolute atomic E-state index is 12.4. The predicted molar refractivity (Wildman–Crippen MR) is 125 cm³/mol.